The van der Waals surface area contributed by atoms with Gasteiger partial charge in [-0.05, 0) is 37.8 Å². The second-order valence-corrected chi connectivity index (χ2v) is 7.50. The van der Waals surface area contributed by atoms with Gasteiger partial charge in [-0.2, -0.15) is 0 Å². The molecule has 104 valence electrons. The molecule has 0 spiro atoms. The van der Waals surface area contributed by atoms with E-state index in [1.54, 1.807) is 7.05 Å². The van der Waals surface area contributed by atoms with Crippen molar-refractivity contribution >= 4 is 9.73 Å². The topological polar surface area (TPSA) is 29.4 Å². The summed E-state index contributed by atoms with van der Waals surface area (Å²) >= 11 is 0. The van der Waals surface area contributed by atoms with Gasteiger partial charge in [-0.3, -0.25) is 0 Å². The van der Waals surface area contributed by atoms with Crippen LogP contribution in [0.2, 0.25) is 0 Å². The summed E-state index contributed by atoms with van der Waals surface area (Å²) in [6.45, 7) is 0. The van der Waals surface area contributed by atoms with E-state index in [0.29, 0.717) is 5.75 Å². The van der Waals surface area contributed by atoms with Crippen molar-refractivity contribution < 1.29 is 4.21 Å². The normalized spacial score (nSPS) is 22.5. The van der Waals surface area contributed by atoms with E-state index in [2.05, 4.69) is 10.4 Å². The lowest BCUT2D eigenvalue weighted by molar-refractivity contribution is 0.624. The molecule has 2 nitrogen and oxygen atoms in total. The lowest BCUT2D eigenvalue weighted by Crippen LogP contribution is -2.10. The smallest absolute Gasteiger partial charge is 0.0788 e. The third-order valence-corrected chi connectivity index (χ3v) is 6.03. The van der Waals surface area contributed by atoms with Gasteiger partial charge < -0.3 is 0 Å². The average Bonchev–Trinajstić information content (AvgIpc) is 2.42. The first kappa shape index (κ1) is 14.3. The predicted molar refractivity (Wildman–Crippen MR) is 81.9 cm³/mol. The Morgan fingerprint density at radius 1 is 1.11 bits per heavy atom. The fourth-order valence-electron chi connectivity index (χ4n) is 2.53. The molecular weight excluding hydrogens is 254 g/mol. The van der Waals surface area contributed by atoms with Crippen LogP contribution in [-0.2, 0) is 9.73 Å². The molecule has 0 N–H and O–H groups in total. The maximum Gasteiger partial charge on any atom is 0.0788 e. The minimum atomic E-state index is -2.28. The highest BCUT2D eigenvalue weighted by molar-refractivity contribution is 7.93. The molecule has 0 aliphatic heterocycles. The van der Waals surface area contributed by atoms with Crippen molar-refractivity contribution in [2.45, 2.75) is 43.4 Å². The quantitative estimate of drug-likeness (QED) is 0.752. The van der Waals surface area contributed by atoms with Gasteiger partial charge in [-0.1, -0.05) is 42.7 Å². The summed E-state index contributed by atoms with van der Waals surface area (Å²) in [7, 11) is -0.597. The monoisotopic (exact) mass is 277 g/mol. The third kappa shape index (κ3) is 3.93. The van der Waals surface area contributed by atoms with Crippen LogP contribution in [0.15, 0.2) is 51.2 Å². The Labute approximate surface area is 117 Å². The van der Waals surface area contributed by atoms with E-state index >= 15 is 0 Å². The Hall–Kier alpha value is -1.09. The Kier molecular flexibility index (Phi) is 5.20. The summed E-state index contributed by atoms with van der Waals surface area (Å²) in [6.07, 6.45) is 9.62. The molecule has 0 fully saturated rings. The molecule has 1 unspecified atom stereocenters. The maximum atomic E-state index is 13.0. The number of hydrogen-bond acceptors (Lipinski definition) is 2. The highest BCUT2D eigenvalue weighted by Crippen LogP contribution is 2.22. The molecule has 0 heterocycles. The number of benzene rings is 1. The van der Waals surface area contributed by atoms with Crippen LogP contribution < -0.4 is 0 Å². The van der Waals surface area contributed by atoms with Crippen molar-refractivity contribution in [3.05, 3.63) is 42.0 Å². The highest BCUT2D eigenvalue weighted by Gasteiger charge is 2.14. The standard InChI is InChI=1S/C16H23NOS/c1-17-19(18,16-12-8-5-9-13-16)14-15-10-6-3-2-4-7-11-15/h5,8-10,12-13H,2-4,6-7,11,14H2,1H3/b15-10+. The van der Waals surface area contributed by atoms with E-state index in [1.165, 1.54) is 31.3 Å². The Balaban J connectivity index is 2.21. The van der Waals surface area contributed by atoms with E-state index < -0.39 is 9.73 Å². The summed E-state index contributed by atoms with van der Waals surface area (Å²) in [6, 6.07) is 9.69. The molecule has 0 aromatic heterocycles. The van der Waals surface area contributed by atoms with Crippen LogP contribution in [0.5, 0.6) is 0 Å². The van der Waals surface area contributed by atoms with Gasteiger partial charge in [-0.25, -0.2) is 8.57 Å². The van der Waals surface area contributed by atoms with Crippen LogP contribution >= 0.6 is 0 Å². The first-order chi connectivity index (χ1) is 9.24. The fraction of sp³-hybridized carbons (Fsp3) is 0.500. The molecule has 2 rings (SSSR count). The number of hydrogen-bond donors (Lipinski definition) is 0. The number of allylic oxidation sites excluding steroid dienone is 1. The van der Waals surface area contributed by atoms with Gasteiger partial charge >= 0.3 is 0 Å². The van der Waals surface area contributed by atoms with Crippen molar-refractivity contribution in [1.82, 2.24) is 0 Å². The minimum Gasteiger partial charge on any atom is -0.244 e. The molecule has 0 amide bonds. The van der Waals surface area contributed by atoms with Crippen molar-refractivity contribution in [1.29, 1.82) is 0 Å². The Morgan fingerprint density at radius 2 is 1.84 bits per heavy atom. The van der Waals surface area contributed by atoms with Gasteiger partial charge in [0.2, 0.25) is 0 Å². The number of rotatable bonds is 3. The minimum absolute atomic E-state index is 0.605. The van der Waals surface area contributed by atoms with Crippen LogP contribution in [0.4, 0.5) is 0 Å². The SMILES string of the molecule is CN=S(=O)(C/C1=C/CCCCCC1)c1ccccc1. The van der Waals surface area contributed by atoms with Gasteiger partial charge in [0.05, 0.1) is 15.5 Å². The van der Waals surface area contributed by atoms with E-state index in [9.17, 15) is 4.21 Å². The zero-order valence-electron chi connectivity index (χ0n) is 11.7. The average molecular weight is 277 g/mol. The van der Waals surface area contributed by atoms with Crippen molar-refractivity contribution in [3.63, 3.8) is 0 Å². The highest BCUT2D eigenvalue weighted by atomic mass is 32.2. The summed E-state index contributed by atoms with van der Waals surface area (Å²) in [5, 5.41) is 0. The van der Waals surface area contributed by atoms with E-state index in [-0.39, 0.29) is 0 Å². The van der Waals surface area contributed by atoms with Gasteiger partial charge in [-0.15, -0.1) is 0 Å². The lowest BCUT2D eigenvalue weighted by Gasteiger charge is -2.15. The molecule has 1 atom stereocenters. The molecule has 1 aliphatic carbocycles. The molecule has 0 radical (unpaired) electrons. The summed E-state index contributed by atoms with van der Waals surface area (Å²) in [5.74, 6) is 0.605. The Bertz CT molecular complexity index is 539. The van der Waals surface area contributed by atoms with Crippen molar-refractivity contribution in [2.75, 3.05) is 12.8 Å². The van der Waals surface area contributed by atoms with Crippen LogP contribution in [0, 0.1) is 0 Å². The molecule has 0 bridgehead atoms. The molecule has 1 aromatic carbocycles. The molecule has 0 saturated heterocycles. The zero-order valence-corrected chi connectivity index (χ0v) is 12.5. The largest absolute Gasteiger partial charge is 0.244 e. The van der Waals surface area contributed by atoms with Crippen LogP contribution in [0.25, 0.3) is 0 Å². The predicted octanol–water partition coefficient (Wildman–Crippen LogP) is 4.42. The molecule has 0 saturated carbocycles. The van der Waals surface area contributed by atoms with Gasteiger partial charge in [0.1, 0.15) is 0 Å². The number of nitrogens with zero attached hydrogens (tertiary/aromatic N) is 1. The lowest BCUT2D eigenvalue weighted by atomic mass is 10.0. The first-order valence-corrected chi connectivity index (χ1v) is 8.79. The second-order valence-electron chi connectivity index (χ2n) is 5.10. The molecule has 1 aliphatic rings. The molecule has 3 heteroatoms. The summed E-state index contributed by atoms with van der Waals surface area (Å²) in [4.78, 5) is 0.862. The summed E-state index contributed by atoms with van der Waals surface area (Å²) in [5.41, 5.74) is 1.33. The third-order valence-electron chi connectivity index (χ3n) is 3.67. The van der Waals surface area contributed by atoms with E-state index in [4.69, 9.17) is 0 Å². The van der Waals surface area contributed by atoms with E-state index in [1.807, 2.05) is 30.3 Å². The van der Waals surface area contributed by atoms with Crippen LogP contribution in [0.3, 0.4) is 0 Å². The van der Waals surface area contributed by atoms with Gasteiger partial charge in [0, 0.05) is 11.9 Å². The fourth-order valence-corrected chi connectivity index (χ4v) is 4.38. The van der Waals surface area contributed by atoms with Crippen LogP contribution in [0.1, 0.15) is 38.5 Å². The van der Waals surface area contributed by atoms with Gasteiger partial charge in [0.25, 0.3) is 0 Å². The maximum absolute atomic E-state index is 13.0. The van der Waals surface area contributed by atoms with E-state index in [0.717, 1.165) is 17.7 Å². The summed E-state index contributed by atoms with van der Waals surface area (Å²) < 4.78 is 17.2. The van der Waals surface area contributed by atoms with Crippen molar-refractivity contribution in [3.8, 4) is 0 Å². The first-order valence-electron chi connectivity index (χ1n) is 7.10. The molecule has 19 heavy (non-hydrogen) atoms. The van der Waals surface area contributed by atoms with Crippen LogP contribution in [-0.4, -0.2) is 17.0 Å². The van der Waals surface area contributed by atoms with Crippen molar-refractivity contribution in [2.24, 2.45) is 4.36 Å². The molecular formula is C16H23NOS. The zero-order chi connectivity index (χ0) is 13.6. The Morgan fingerprint density at radius 3 is 2.58 bits per heavy atom. The molecule has 1 aromatic rings. The van der Waals surface area contributed by atoms with Gasteiger partial charge in [0.15, 0.2) is 0 Å². The second kappa shape index (κ2) is 6.90.